The molecular weight excluding hydrogens is 298 g/mol. The Morgan fingerprint density at radius 1 is 1.24 bits per heavy atom. The molecule has 0 aliphatic carbocycles. The number of nitrogens with two attached hydrogens (primary N) is 1. The van der Waals surface area contributed by atoms with Crippen molar-refractivity contribution in [3.05, 3.63) is 35.9 Å². The van der Waals surface area contributed by atoms with Gasteiger partial charge in [-0.25, -0.2) is 23.1 Å². The molecule has 0 aromatic heterocycles. The molecule has 1 atom stereocenters. The van der Waals surface area contributed by atoms with E-state index in [1.807, 2.05) is 0 Å². The van der Waals surface area contributed by atoms with E-state index in [0.29, 0.717) is 0 Å². The highest BCUT2D eigenvalue weighted by Crippen LogP contribution is 2.03. The van der Waals surface area contributed by atoms with E-state index >= 15 is 0 Å². The number of carbonyl (C=O) groups excluding carboxylic acids is 1. The molecule has 5 N–H and O–H groups in total. The lowest BCUT2D eigenvalue weighted by Crippen LogP contribution is -2.48. The fourth-order valence-electron chi connectivity index (χ4n) is 1.57. The number of carbonyl (C=O) groups is 2. The molecule has 0 bridgehead atoms. The van der Waals surface area contributed by atoms with Gasteiger partial charge in [0.15, 0.2) is 0 Å². The summed E-state index contributed by atoms with van der Waals surface area (Å²) < 4.78 is 21.4. The van der Waals surface area contributed by atoms with Gasteiger partial charge in [0.1, 0.15) is 6.04 Å². The second kappa shape index (κ2) is 7.60. The third-order valence-electron chi connectivity index (χ3n) is 2.56. The molecule has 8 nitrogen and oxygen atoms in total. The van der Waals surface area contributed by atoms with Crippen molar-refractivity contribution in [2.24, 2.45) is 5.14 Å². The second-order valence-electron chi connectivity index (χ2n) is 4.35. The molecule has 1 rings (SSSR count). The van der Waals surface area contributed by atoms with Crippen molar-refractivity contribution in [1.29, 1.82) is 0 Å². The summed E-state index contributed by atoms with van der Waals surface area (Å²) in [6.07, 6.45) is 0.124. The van der Waals surface area contributed by atoms with Gasteiger partial charge in [-0.1, -0.05) is 30.3 Å². The Kier molecular flexibility index (Phi) is 6.12. The van der Waals surface area contributed by atoms with E-state index in [9.17, 15) is 18.0 Å². The van der Waals surface area contributed by atoms with Crippen molar-refractivity contribution < 1.29 is 23.1 Å². The predicted molar refractivity (Wildman–Crippen MR) is 76.1 cm³/mol. The van der Waals surface area contributed by atoms with Gasteiger partial charge in [0.2, 0.25) is 10.0 Å². The van der Waals surface area contributed by atoms with Crippen LogP contribution in [0.2, 0.25) is 0 Å². The maximum absolute atomic E-state index is 11.5. The number of hydrogen-bond donors (Lipinski definition) is 4. The number of benzene rings is 1. The largest absolute Gasteiger partial charge is 0.480 e. The van der Waals surface area contributed by atoms with Gasteiger partial charge in [-0.05, 0) is 5.56 Å². The number of urea groups is 1. The average Bonchev–Trinajstić information content (AvgIpc) is 2.37. The van der Waals surface area contributed by atoms with Crippen molar-refractivity contribution in [3.8, 4) is 0 Å². The SMILES string of the molecule is NS(=O)(=O)CCNC(=O)NC(Cc1ccccc1)C(=O)O. The number of hydrogen-bond acceptors (Lipinski definition) is 4. The molecule has 116 valence electrons. The molecule has 0 saturated heterocycles. The van der Waals surface area contributed by atoms with Crippen LogP contribution in [0.25, 0.3) is 0 Å². The smallest absolute Gasteiger partial charge is 0.326 e. The average molecular weight is 315 g/mol. The summed E-state index contributed by atoms with van der Waals surface area (Å²) in [5, 5.41) is 18.4. The molecule has 1 aromatic carbocycles. The Hall–Kier alpha value is -2.13. The van der Waals surface area contributed by atoms with Gasteiger partial charge < -0.3 is 15.7 Å². The van der Waals surface area contributed by atoms with E-state index < -0.39 is 33.8 Å². The standard InChI is InChI=1S/C12H17N3O5S/c13-21(19,20)7-6-14-12(18)15-10(11(16)17)8-9-4-2-1-3-5-9/h1-5,10H,6-8H2,(H,16,17)(H2,13,19,20)(H2,14,15,18). The first-order chi connectivity index (χ1) is 9.78. The molecule has 0 heterocycles. The quantitative estimate of drug-likeness (QED) is 0.525. The van der Waals surface area contributed by atoms with Crippen LogP contribution in [-0.2, 0) is 21.2 Å². The van der Waals surface area contributed by atoms with Gasteiger partial charge in [-0.2, -0.15) is 0 Å². The molecule has 9 heteroatoms. The maximum atomic E-state index is 11.5. The Balaban J connectivity index is 2.51. The van der Waals surface area contributed by atoms with E-state index in [4.69, 9.17) is 10.2 Å². The molecule has 0 spiro atoms. The van der Waals surface area contributed by atoms with Gasteiger partial charge in [0, 0.05) is 13.0 Å². The highest BCUT2D eigenvalue weighted by atomic mass is 32.2. The summed E-state index contributed by atoms with van der Waals surface area (Å²) in [5.74, 6) is -1.60. The van der Waals surface area contributed by atoms with Crippen LogP contribution in [0.4, 0.5) is 4.79 Å². The lowest BCUT2D eigenvalue weighted by molar-refractivity contribution is -0.139. The van der Waals surface area contributed by atoms with Crippen molar-refractivity contribution in [2.75, 3.05) is 12.3 Å². The van der Waals surface area contributed by atoms with Crippen LogP contribution >= 0.6 is 0 Å². The summed E-state index contributed by atoms with van der Waals surface area (Å²) in [6, 6.07) is 6.95. The van der Waals surface area contributed by atoms with Crippen LogP contribution in [0.5, 0.6) is 0 Å². The van der Waals surface area contributed by atoms with E-state index in [1.165, 1.54) is 0 Å². The summed E-state index contributed by atoms with van der Waals surface area (Å²) in [5.41, 5.74) is 0.759. The topological polar surface area (TPSA) is 139 Å². The third kappa shape index (κ3) is 7.28. The minimum atomic E-state index is -3.67. The molecule has 0 fully saturated rings. The zero-order chi connectivity index (χ0) is 15.9. The summed E-state index contributed by atoms with van der Waals surface area (Å²) in [7, 11) is -3.67. The Morgan fingerprint density at radius 3 is 2.38 bits per heavy atom. The normalized spacial score (nSPS) is 12.4. The van der Waals surface area contributed by atoms with E-state index in [2.05, 4.69) is 10.6 Å². The summed E-state index contributed by atoms with van der Waals surface area (Å²) >= 11 is 0. The van der Waals surface area contributed by atoms with Crippen LogP contribution in [-0.4, -0.2) is 43.9 Å². The zero-order valence-corrected chi connectivity index (χ0v) is 12.0. The van der Waals surface area contributed by atoms with Crippen molar-refractivity contribution in [1.82, 2.24) is 10.6 Å². The van der Waals surface area contributed by atoms with Gasteiger partial charge in [-0.15, -0.1) is 0 Å². The highest BCUT2D eigenvalue weighted by Gasteiger charge is 2.20. The fourth-order valence-corrected chi connectivity index (χ4v) is 1.95. The Morgan fingerprint density at radius 2 is 1.86 bits per heavy atom. The van der Waals surface area contributed by atoms with Gasteiger partial charge in [0.25, 0.3) is 0 Å². The number of sulfonamides is 1. The van der Waals surface area contributed by atoms with E-state index in [1.54, 1.807) is 30.3 Å². The van der Waals surface area contributed by atoms with Crippen molar-refractivity contribution in [3.63, 3.8) is 0 Å². The number of carboxylic acids is 1. The molecule has 0 saturated carbocycles. The van der Waals surface area contributed by atoms with E-state index in [0.717, 1.165) is 5.56 Å². The summed E-state index contributed by atoms with van der Waals surface area (Å²) in [4.78, 5) is 22.6. The predicted octanol–water partition coefficient (Wildman–Crippen LogP) is -0.730. The molecule has 21 heavy (non-hydrogen) atoms. The van der Waals surface area contributed by atoms with E-state index in [-0.39, 0.29) is 13.0 Å². The second-order valence-corrected chi connectivity index (χ2v) is 6.08. The molecular formula is C12H17N3O5S. The Bertz CT molecular complexity index is 588. The lowest BCUT2D eigenvalue weighted by atomic mass is 10.1. The number of nitrogens with one attached hydrogen (secondary N) is 2. The number of primary sulfonamides is 1. The first kappa shape index (κ1) is 16.9. The monoisotopic (exact) mass is 315 g/mol. The zero-order valence-electron chi connectivity index (χ0n) is 11.2. The molecule has 0 aliphatic heterocycles. The van der Waals surface area contributed by atoms with Crippen molar-refractivity contribution in [2.45, 2.75) is 12.5 Å². The number of amides is 2. The van der Waals surface area contributed by atoms with Crippen LogP contribution in [0, 0.1) is 0 Å². The minimum absolute atomic E-state index is 0.124. The van der Waals surface area contributed by atoms with Gasteiger partial charge in [0.05, 0.1) is 5.75 Å². The van der Waals surface area contributed by atoms with Crippen molar-refractivity contribution >= 4 is 22.0 Å². The first-order valence-electron chi connectivity index (χ1n) is 6.09. The lowest BCUT2D eigenvalue weighted by Gasteiger charge is -2.15. The maximum Gasteiger partial charge on any atom is 0.326 e. The first-order valence-corrected chi connectivity index (χ1v) is 7.81. The molecule has 1 unspecified atom stereocenters. The highest BCUT2D eigenvalue weighted by molar-refractivity contribution is 7.89. The summed E-state index contributed by atoms with van der Waals surface area (Å²) in [6.45, 7) is -0.192. The fraction of sp³-hybridized carbons (Fsp3) is 0.333. The number of rotatable bonds is 7. The van der Waals surface area contributed by atoms with Crippen LogP contribution in [0.15, 0.2) is 30.3 Å². The minimum Gasteiger partial charge on any atom is -0.480 e. The van der Waals surface area contributed by atoms with Gasteiger partial charge >= 0.3 is 12.0 Å². The van der Waals surface area contributed by atoms with Gasteiger partial charge in [-0.3, -0.25) is 0 Å². The van der Waals surface area contributed by atoms with Crippen LogP contribution < -0.4 is 15.8 Å². The van der Waals surface area contributed by atoms with Crippen LogP contribution in [0.1, 0.15) is 5.56 Å². The Labute approximate surface area is 122 Å². The molecule has 0 aliphatic rings. The molecule has 1 aromatic rings. The third-order valence-corrected chi connectivity index (χ3v) is 3.33. The number of carboxylic acid groups (broad SMARTS) is 1. The van der Waals surface area contributed by atoms with Crippen LogP contribution in [0.3, 0.4) is 0 Å². The number of aliphatic carboxylic acids is 1. The molecule has 0 radical (unpaired) electrons. The molecule has 2 amide bonds.